The lowest BCUT2D eigenvalue weighted by atomic mass is 10.1. The van der Waals surface area contributed by atoms with E-state index in [-0.39, 0.29) is 5.97 Å². The van der Waals surface area contributed by atoms with Crippen LogP contribution >= 0.6 is 11.8 Å². The Morgan fingerprint density at radius 1 is 1.17 bits per heavy atom. The van der Waals surface area contributed by atoms with Gasteiger partial charge in [0.2, 0.25) is 5.16 Å². The molecule has 0 atom stereocenters. The zero-order chi connectivity index (χ0) is 20.2. The van der Waals surface area contributed by atoms with E-state index < -0.39 is 0 Å². The lowest BCUT2D eigenvalue weighted by Crippen LogP contribution is -2.29. The largest absolute Gasteiger partial charge is 0.462 e. The summed E-state index contributed by atoms with van der Waals surface area (Å²) in [6, 6.07) is 8.35. The number of carbonyl (C=O) groups excluding carboxylic acids is 1. The van der Waals surface area contributed by atoms with Gasteiger partial charge in [-0.2, -0.15) is 9.78 Å². The molecule has 2 aliphatic heterocycles. The summed E-state index contributed by atoms with van der Waals surface area (Å²) in [4.78, 5) is 15.1. The lowest BCUT2D eigenvalue weighted by molar-refractivity contribution is -0.137. The topological polar surface area (TPSA) is 72.6 Å². The predicted molar refractivity (Wildman–Crippen MR) is 115 cm³/mol. The lowest BCUT2D eigenvalue weighted by Gasteiger charge is -2.28. The molecule has 3 heterocycles. The minimum Gasteiger partial charge on any atom is -0.462 e. The fourth-order valence-electron chi connectivity index (χ4n) is 3.53. The van der Waals surface area contributed by atoms with Crippen molar-refractivity contribution in [1.29, 1.82) is 0 Å². The third-order valence-corrected chi connectivity index (χ3v) is 5.99. The van der Waals surface area contributed by atoms with Crippen LogP contribution in [0.3, 0.4) is 0 Å². The van der Waals surface area contributed by atoms with E-state index in [4.69, 9.17) is 4.74 Å². The molecule has 0 bridgehead atoms. The molecule has 0 unspecified atom stereocenters. The van der Waals surface area contributed by atoms with Crippen LogP contribution in [0.15, 0.2) is 40.1 Å². The summed E-state index contributed by atoms with van der Waals surface area (Å²) in [5.41, 5.74) is 3.33. The third kappa shape index (κ3) is 4.37. The van der Waals surface area contributed by atoms with Crippen LogP contribution in [-0.4, -0.2) is 52.0 Å². The second kappa shape index (κ2) is 8.82. The van der Waals surface area contributed by atoms with Crippen LogP contribution in [0, 0.1) is 6.92 Å². The molecule has 29 heavy (non-hydrogen) atoms. The minimum absolute atomic E-state index is 0.321. The van der Waals surface area contributed by atoms with Crippen molar-refractivity contribution in [2.45, 2.75) is 38.3 Å². The molecule has 1 saturated heterocycles. The van der Waals surface area contributed by atoms with Crippen LogP contribution < -0.4 is 4.90 Å². The van der Waals surface area contributed by atoms with E-state index in [1.54, 1.807) is 4.68 Å². The Bertz CT molecular complexity index is 942. The number of nitrogens with zero attached hydrogens (tertiary/aromatic N) is 5. The average molecular weight is 412 g/mol. The molecule has 0 radical (unpaired) electrons. The van der Waals surface area contributed by atoms with Crippen LogP contribution in [-0.2, 0) is 9.53 Å². The van der Waals surface area contributed by atoms with E-state index in [0.717, 1.165) is 23.8 Å². The Hall–Kier alpha value is -2.61. The fraction of sp³-hybridized carbons (Fsp3) is 0.429. The van der Waals surface area contributed by atoms with Gasteiger partial charge in [0.25, 0.3) is 0 Å². The number of piperidine rings is 1. The Kier molecular flexibility index (Phi) is 5.99. The van der Waals surface area contributed by atoms with Crippen molar-refractivity contribution < 1.29 is 9.53 Å². The van der Waals surface area contributed by atoms with Gasteiger partial charge in [0, 0.05) is 24.5 Å². The van der Waals surface area contributed by atoms with Gasteiger partial charge < -0.3 is 9.64 Å². The molecule has 0 aliphatic carbocycles. The maximum atomic E-state index is 12.7. The van der Waals surface area contributed by atoms with Crippen LogP contribution in [0.4, 0.5) is 5.69 Å². The van der Waals surface area contributed by atoms with Gasteiger partial charge >= 0.3 is 5.97 Å². The van der Waals surface area contributed by atoms with E-state index in [2.05, 4.69) is 44.5 Å². The van der Waals surface area contributed by atoms with Crippen molar-refractivity contribution in [1.82, 2.24) is 14.9 Å². The maximum Gasteiger partial charge on any atom is 0.340 e. The van der Waals surface area contributed by atoms with Crippen molar-refractivity contribution in [3.05, 3.63) is 41.2 Å². The highest BCUT2D eigenvalue weighted by Crippen LogP contribution is 2.26. The van der Waals surface area contributed by atoms with E-state index >= 15 is 0 Å². The summed E-state index contributed by atoms with van der Waals surface area (Å²) in [6.45, 7) is 6.19. The fourth-order valence-corrected chi connectivity index (χ4v) is 4.40. The van der Waals surface area contributed by atoms with Gasteiger partial charge in [-0.3, -0.25) is 0 Å². The quantitative estimate of drug-likeness (QED) is 0.554. The number of aromatic nitrogens is 3. The van der Waals surface area contributed by atoms with Crippen molar-refractivity contribution in [2.75, 3.05) is 30.3 Å². The summed E-state index contributed by atoms with van der Waals surface area (Å²) in [7, 11) is 0. The van der Waals surface area contributed by atoms with Crippen LogP contribution in [0.2, 0.25) is 0 Å². The highest BCUT2D eigenvalue weighted by molar-refractivity contribution is 7.99. The Morgan fingerprint density at radius 2 is 1.93 bits per heavy atom. The predicted octanol–water partition coefficient (Wildman–Crippen LogP) is 3.53. The highest BCUT2D eigenvalue weighted by atomic mass is 32.2. The monoisotopic (exact) mass is 411 g/mol. The van der Waals surface area contributed by atoms with E-state index in [0.29, 0.717) is 29.5 Å². The Labute approximate surface area is 174 Å². The summed E-state index contributed by atoms with van der Waals surface area (Å²) in [6.07, 6.45) is 5.67. The summed E-state index contributed by atoms with van der Waals surface area (Å²) >= 11 is 1.52. The highest BCUT2D eigenvalue weighted by Gasteiger charge is 2.24. The number of rotatable bonds is 5. The van der Waals surface area contributed by atoms with Gasteiger partial charge in [0.1, 0.15) is 0 Å². The number of benzene rings is 1. The first-order chi connectivity index (χ1) is 14.2. The second-order valence-electron chi connectivity index (χ2n) is 7.09. The van der Waals surface area contributed by atoms with Gasteiger partial charge in [0.15, 0.2) is 5.82 Å². The molecule has 1 aromatic carbocycles. The molecule has 4 rings (SSSR count). The molecule has 8 heteroatoms. The maximum absolute atomic E-state index is 12.7. The van der Waals surface area contributed by atoms with Gasteiger partial charge in [-0.15, -0.1) is 10.2 Å². The zero-order valence-corrected chi connectivity index (χ0v) is 17.6. The number of carbonyl (C=O) groups is 1. The average Bonchev–Trinajstić information content (AvgIpc) is 3.13. The van der Waals surface area contributed by atoms with Gasteiger partial charge in [0.05, 0.1) is 17.9 Å². The third-order valence-electron chi connectivity index (χ3n) is 5.06. The number of esters is 1. The van der Waals surface area contributed by atoms with Crippen LogP contribution in [0.25, 0.3) is 6.08 Å². The van der Waals surface area contributed by atoms with Gasteiger partial charge in [-0.1, -0.05) is 23.9 Å². The molecule has 1 fully saturated rings. The number of ether oxygens (including phenoxy) is 1. The van der Waals surface area contributed by atoms with Gasteiger partial charge in [-0.05, 0) is 56.9 Å². The second-order valence-corrected chi connectivity index (χ2v) is 8.04. The molecule has 2 aromatic rings. The Balaban J connectivity index is 1.63. The van der Waals surface area contributed by atoms with Crippen molar-refractivity contribution in [2.24, 2.45) is 5.10 Å². The molecule has 152 valence electrons. The molecule has 0 saturated carbocycles. The molecule has 0 spiro atoms. The van der Waals surface area contributed by atoms with E-state index in [9.17, 15) is 4.79 Å². The Morgan fingerprint density at radius 3 is 2.66 bits per heavy atom. The number of fused-ring (bicyclic) bond motifs is 1. The number of hydrogen-bond donors (Lipinski definition) is 0. The first-order valence-corrected chi connectivity index (χ1v) is 11.0. The normalized spacial score (nSPS) is 17.0. The number of aryl methyl sites for hydroxylation is 1. The first kappa shape index (κ1) is 19.7. The summed E-state index contributed by atoms with van der Waals surface area (Å²) < 4.78 is 6.98. The number of thioether (sulfide) groups is 1. The number of anilines is 1. The molecule has 7 nitrogen and oxygen atoms in total. The molecule has 2 aliphatic rings. The molecular weight excluding hydrogens is 386 g/mol. The first-order valence-electron chi connectivity index (χ1n) is 10.0. The summed E-state index contributed by atoms with van der Waals surface area (Å²) in [5, 5.41) is 13.5. The SMILES string of the molecule is CCOC(=O)/C(=C\c1ccc(N2CCCCC2)cc1)C1=Nn2c(C)nnc2SC1. The van der Waals surface area contributed by atoms with Gasteiger partial charge in [-0.25, -0.2) is 4.79 Å². The molecule has 0 N–H and O–H groups in total. The summed E-state index contributed by atoms with van der Waals surface area (Å²) in [5.74, 6) is 0.884. The standard InChI is InChI=1S/C21H25N5O2S/c1-3-28-20(27)18(19-14-29-21-23-22-15(2)26(21)24-19)13-16-7-9-17(10-8-16)25-11-5-4-6-12-25/h7-10,13H,3-6,11-12,14H2,1-2H3/b18-13-. The smallest absolute Gasteiger partial charge is 0.340 e. The number of hydrogen-bond acceptors (Lipinski definition) is 7. The molecule has 1 aromatic heterocycles. The van der Waals surface area contributed by atoms with Crippen LogP contribution in [0.5, 0.6) is 0 Å². The molecule has 0 amide bonds. The van der Waals surface area contributed by atoms with Crippen LogP contribution in [0.1, 0.15) is 37.6 Å². The van der Waals surface area contributed by atoms with Crippen molar-refractivity contribution >= 4 is 35.2 Å². The molecular formula is C21H25N5O2S. The zero-order valence-electron chi connectivity index (χ0n) is 16.8. The minimum atomic E-state index is -0.360. The van der Waals surface area contributed by atoms with Crippen molar-refractivity contribution in [3.8, 4) is 0 Å². The van der Waals surface area contributed by atoms with E-state index in [1.165, 1.54) is 36.7 Å². The van der Waals surface area contributed by atoms with Crippen molar-refractivity contribution in [3.63, 3.8) is 0 Å². The van der Waals surface area contributed by atoms with E-state index in [1.807, 2.05) is 19.9 Å².